The zero-order valence-electron chi connectivity index (χ0n) is 9.56. The van der Waals surface area contributed by atoms with E-state index >= 15 is 0 Å². The van der Waals surface area contributed by atoms with Crippen LogP contribution in [-0.2, 0) is 17.6 Å². The smallest absolute Gasteiger partial charge is 0.0760 e. The van der Waals surface area contributed by atoms with Crippen LogP contribution in [-0.4, -0.2) is 12.2 Å². The molecule has 0 aliphatic heterocycles. The summed E-state index contributed by atoms with van der Waals surface area (Å²) in [4.78, 5) is 0. The molecular formula is C15H18O. The van der Waals surface area contributed by atoms with Crippen molar-refractivity contribution in [2.45, 2.75) is 44.3 Å². The third kappa shape index (κ3) is 2.05. The van der Waals surface area contributed by atoms with Gasteiger partial charge in [0.25, 0.3) is 0 Å². The Hall–Kier alpha value is -1.08. The molecule has 0 N–H and O–H groups in total. The Morgan fingerprint density at radius 2 is 1.81 bits per heavy atom. The molecule has 0 aromatic heterocycles. The zero-order chi connectivity index (χ0) is 10.8. The molecule has 0 heterocycles. The summed E-state index contributed by atoms with van der Waals surface area (Å²) >= 11 is 0. The average molecular weight is 214 g/mol. The van der Waals surface area contributed by atoms with Gasteiger partial charge in [-0.05, 0) is 43.2 Å². The molecule has 0 fully saturated rings. The Morgan fingerprint density at radius 1 is 1.06 bits per heavy atom. The molecule has 2 aliphatic rings. The highest BCUT2D eigenvalue weighted by Crippen LogP contribution is 2.26. The van der Waals surface area contributed by atoms with Gasteiger partial charge in [-0.2, -0.15) is 0 Å². The van der Waals surface area contributed by atoms with Crippen LogP contribution in [0.4, 0.5) is 0 Å². The summed E-state index contributed by atoms with van der Waals surface area (Å²) in [6.07, 6.45) is 11.2. The van der Waals surface area contributed by atoms with Crippen LogP contribution >= 0.6 is 0 Å². The van der Waals surface area contributed by atoms with Gasteiger partial charge < -0.3 is 4.74 Å². The summed E-state index contributed by atoms with van der Waals surface area (Å²) in [7, 11) is 0. The first-order valence-electron chi connectivity index (χ1n) is 6.31. The van der Waals surface area contributed by atoms with E-state index < -0.39 is 0 Å². The molecule has 1 aromatic carbocycles. The summed E-state index contributed by atoms with van der Waals surface area (Å²) in [6, 6.07) is 8.72. The predicted molar refractivity (Wildman–Crippen MR) is 65.5 cm³/mol. The average Bonchev–Trinajstić information content (AvgIpc) is 2.72. The maximum absolute atomic E-state index is 6.15. The number of fused-ring (bicyclic) bond motifs is 1. The highest BCUT2D eigenvalue weighted by Gasteiger charge is 2.24. The summed E-state index contributed by atoms with van der Waals surface area (Å²) in [5, 5.41) is 0. The molecule has 0 spiro atoms. The lowest BCUT2D eigenvalue weighted by Crippen LogP contribution is -2.22. The molecule has 1 heteroatoms. The Morgan fingerprint density at radius 3 is 2.44 bits per heavy atom. The van der Waals surface area contributed by atoms with Gasteiger partial charge in [0.15, 0.2) is 0 Å². The van der Waals surface area contributed by atoms with Crippen molar-refractivity contribution in [1.29, 1.82) is 0 Å². The minimum absolute atomic E-state index is 0.369. The van der Waals surface area contributed by atoms with E-state index in [1.54, 1.807) is 0 Å². The van der Waals surface area contributed by atoms with E-state index in [1.807, 2.05) is 0 Å². The van der Waals surface area contributed by atoms with Gasteiger partial charge in [-0.15, -0.1) is 0 Å². The first-order chi connectivity index (χ1) is 7.92. The van der Waals surface area contributed by atoms with Crippen molar-refractivity contribution in [1.82, 2.24) is 0 Å². The van der Waals surface area contributed by atoms with E-state index in [9.17, 15) is 0 Å². The van der Waals surface area contributed by atoms with Crippen LogP contribution in [0.3, 0.4) is 0 Å². The lowest BCUT2D eigenvalue weighted by atomic mass is 10.1. The van der Waals surface area contributed by atoms with Gasteiger partial charge in [0.1, 0.15) is 0 Å². The number of benzene rings is 1. The molecule has 84 valence electrons. The van der Waals surface area contributed by atoms with Crippen molar-refractivity contribution in [2.24, 2.45) is 0 Å². The zero-order valence-corrected chi connectivity index (χ0v) is 9.56. The molecule has 3 rings (SSSR count). The normalized spacial score (nSPS) is 24.6. The van der Waals surface area contributed by atoms with E-state index in [4.69, 9.17) is 4.74 Å². The predicted octanol–water partition coefficient (Wildman–Crippen LogP) is 3.28. The summed E-state index contributed by atoms with van der Waals surface area (Å²) in [5.41, 5.74) is 2.96. The molecule has 0 radical (unpaired) electrons. The van der Waals surface area contributed by atoms with Gasteiger partial charge in [0, 0.05) is 0 Å². The minimum Gasteiger partial charge on any atom is -0.370 e. The summed E-state index contributed by atoms with van der Waals surface area (Å²) in [5.74, 6) is 0. The van der Waals surface area contributed by atoms with E-state index in [2.05, 4.69) is 36.4 Å². The van der Waals surface area contributed by atoms with Gasteiger partial charge in [-0.25, -0.2) is 0 Å². The fourth-order valence-electron chi connectivity index (χ4n) is 2.76. The topological polar surface area (TPSA) is 9.23 Å². The first kappa shape index (κ1) is 10.1. The Balaban J connectivity index is 1.63. The van der Waals surface area contributed by atoms with E-state index in [-0.39, 0.29) is 0 Å². The van der Waals surface area contributed by atoms with E-state index in [0.717, 1.165) is 12.8 Å². The van der Waals surface area contributed by atoms with Crippen LogP contribution in [0.5, 0.6) is 0 Å². The van der Waals surface area contributed by atoms with Crippen LogP contribution in [0, 0.1) is 0 Å². The van der Waals surface area contributed by atoms with E-state index in [0.29, 0.717) is 12.2 Å². The van der Waals surface area contributed by atoms with E-state index in [1.165, 1.54) is 30.4 Å². The molecule has 0 saturated heterocycles. The van der Waals surface area contributed by atoms with Crippen molar-refractivity contribution in [3.63, 3.8) is 0 Å². The number of ether oxygens (including phenoxy) is 1. The second-order valence-corrected chi connectivity index (χ2v) is 4.83. The van der Waals surface area contributed by atoms with Crippen LogP contribution in [0.2, 0.25) is 0 Å². The number of hydrogen-bond acceptors (Lipinski definition) is 1. The van der Waals surface area contributed by atoms with Gasteiger partial charge in [0.05, 0.1) is 12.2 Å². The molecule has 1 unspecified atom stereocenters. The van der Waals surface area contributed by atoms with Crippen molar-refractivity contribution in [3.05, 3.63) is 47.5 Å². The van der Waals surface area contributed by atoms with Crippen molar-refractivity contribution < 1.29 is 4.74 Å². The maximum Gasteiger partial charge on any atom is 0.0760 e. The van der Waals surface area contributed by atoms with Gasteiger partial charge in [0.2, 0.25) is 0 Å². The van der Waals surface area contributed by atoms with Crippen molar-refractivity contribution in [3.8, 4) is 0 Å². The van der Waals surface area contributed by atoms with Crippen LogP contribution in [0.1, 0.15) is 30.4 Å². The van der Waals surface area contributed by atoms with Gasteiger partial charge in [-0.1, -0.05) is 36.4 Å². The Kier molecular flexibility index (Phi) is 2.79. The maximum atomic E-state index is 6.15. The monoisotopic (exact) mass is 214 g/mol. The van der Waals surface area contributed by atoms with Crippen LogP contribution in [0.15, 0.2) is 36.4 Å². The molecule has 1 atom stereocenters. The highest BCUT2D eigenvalue weighted by atomic mass is 16.5. The molecule has 0 amide bonds. The molecular weight excluding hydrogens is 196 g/mol. The summed E-state index contributed by atoms with van der Waals surface area (Å²) in [6.45, 7) is 0. The number of rotatable bonds is 2. The van der Waals surface area contributed by atoms with Crippen LogP contribution in [0.25, 0.3) is 0 Å². The largest absolute Gasteiger partial charge is 0.370 e. The highest BCUT2D eigenvalue weighted by molar-refractivity contribution is 5.32. The Bertz CT molecular complexity index is 369. The molecule has 0 saturated carbocycles. The first-order valence-corrected chi connectivity index (χ1v) is 6.31. The minimum atomic E-state index is 0.369. The molecule has 0 bridgehead atoms. The fraction of sp³-hybridized carbons (Fsp3) is 0.467. The fourth-order valence-corrected chi connectivity index (χ4v) is 2.76. The third-order valence-corrected chi connectivity index (χ3v) is 3.59. The molecule has 1 nitrogen and oxygen atoms in total. The second kappa shape index (κ2) is 4.42. The third-order valence-electron chi connectivity index (χ3n) is 3.59. The second-order valence-electron chi connectivity index (χ2n) is 4.83. The standard InChI is InChI=1S/C15H18O/c1-2-8-14(9-3-1)16-15-10-12-6-4-5-7-13(12)11-15/h2,4-8,14-15H,1,3,9-11H2. The Labute approximate surface area is 97.1 Å². The number of allylic oxidation sites excluding steroid dienone is 1. The SMILES string of the molecule is C1=CC(OC2Cc3ccccc3C2)CCC1. The van der Waals surface area contributed by atoms with Crippen molar-refractivity contribution >= 4 is 0 Å². The van der Waals surface area contributed by atoms with Crippen LogP contribution < -0.4 is 0 Å². The van der Waals surface area contributed by atoms with Gasteiger partial charge >= 0.3 is 0 Å². The number of hydrogen-bond donors (Lipinski definition) is 0. The molecule has 2 aliphatic carbocycles. The molecule has 16 heavy (non-hydrogen) atoms. The lowest BCUT2D eigenvalue weighted by Gasteiger charge is -2.21. The quantitative estimate of drug-likeness (QED) is 0.686. The summed E-state index contributed by atoms with van der Waals surface area (Å²) < 4.78 is 6.15. The molecule has 1 aromatic rings. The lowest BCUT2D eigenvalue weighted by molar-refractivity contribution is 0.0129. The van der Waals surface area contributed by atoms with Crippen molar-refractivity contribution in [2.75, 3.05) is 0 Å². The van der Waals surface area contributed by atoms with Gasteiger partial charge in [-0.3, -0.25) is 0 Å².